The third kappa shape index (κ3) is 3.31. The largest absolute Gasteiger partial charge is 0.423 e. The summed E-state index contributed by atoms with van der Waals surface area (Å²) in [5.74, 6) is -0.491. The molecule has 3 aromatic rings. The number of oxazole rings is 1. The van der Waals surface area contributed by atoms with Crippen molar-refractivity contribution in [2.24, 2.45) is 0 Å². The van der Waals surface area contributed by atoms with Crippen molar-refractivity contribution in [2.75, 3.05) is 18.0 Å². The second kappa shape index (κ2) is 6.51. The summed E-state index contributed by atoms with van der Waals surface area (Å²) in [7, 11) is 0. The Labute approximate surface area is 143 Å². The van der Waals surface area contributed by atoms with Crippen molar-refractivity contribution in [1.82, 2.24) is 15.3 Å². The Bertz CT molecular complexity index is 896. The van der Waals surface area contributed by atoms with E-state index in [-0.39, 0.29) is 17.8 Å². The van der Waals surface area contributed by atoms with Gasteiger partial charge in [0.2, 0.25) is 0 Å². The fraction of sp³-hybridized carbons (Fsp3) is 0.278. The van der Waals surface area contributed by atoms with Crippen LogP contribution >= 0.6 is 0 Å². The van der Waals surface area contributed by atoms with Crippen LogP contribution in [-0.4, -0.2) is 35.0 Å². The molecule has 1 N–H and O–H groups in total. The van der Waals surface area contributed by atoms with Gasteiger partial charge < -0.3 is 14.6 Å². The van der Waals surface area contributed by atoms with Gasteiger partial charge in [-0.1, -0.05) is 0 Å². The number of rotatable bonds is 3. The monoisotopic (exact) mass is 340 g/mol. The lowest BCUT2D eigenvalue weighted by Crippen LogP contribution is -2.48. The summed E-state index contributed by atoms with van der Waals surface area (Å²) < 4.78 is 19.0. The van der Waals surface area contributed by atoms with E-state index in [1.807, 2.05) is 4.90 Å². The van der Waals surface area contributed by atoms with Crippen LogP contribution in [0.2, 0.25) is 0 Å². The van der Waals surface area contributed by atoms with Crippen molar-refractivity contribution in [3.05, 3.63) is 54.1 Å². The smallest absolute Gasteiger partial charge is 0.298 e. The first-order valence-corrected chi connectivity index (χ1v) is 8.21. The number of piperidine rings is 1. The van der Waals surface area contributed by atoms with Crippen LogP contribution in [0.5, 0.6) is 0 Å². The van der Waals surface area contributed by atoms with Crippen molar-refractivity contribution < 1.29 is 13.6 Å². The molecule has 0 spiro atoms. The first-order chi connectivity index (χ1) is 12.2. The molecule has 1 aliphatic rings. The Kier molecular flexibility index (Phi) is 4.05. The van der Waals surface area contributed by atoms with Crippen LogP contribution in [0, 0.1) is 5.82 Å². The van der Waals surface area contributed by atoms with E-state index in [1.165, 1.54) is 12.1 Å². The summed E-state index contributed by atoms with van der Waals surface area (Å²) in [6.45, 7) is 1.38. The number of pyridine rings is 1. The molecule has 3 heterocycles. The minimum absolute atomic E-state index is 0.00629. The number of nitrogens with zero attached hydrogens (tertiary/aromatic N) is 3. The maximum Gasteiger partial charge on any atom is 0.298 e. The first-order valence-electron chi connectivity index (χ1n) is 8.21. The molecule has 7 heteroatoms. The van der Waals surface area contributed by atoms with E-state index >= 15 is 0 Å². The Morgan fingerprint density at radius 1 is 1.36 bits per heavy atom. The van der Waals surface area contributed by atoms with Gasteiger partial charge in [0.05, 0.1) is 5.56 Å². The Morgan fingerprint density at radius 3 is 3.12 bits per heavy atom. The van der Waals surface area contributed by atoms with Gasteiger partial charge in [-0.25, -0.2) is 4.39 Å². The van der Waals surface area contributed by atoms with Crippen LogP contribution < -0.4 is 10.2 Å². The summed E-state index contributed by atoms with van der Waals surface area (Å²) in [4.78, 5) is 22.7. The van der Waals surface area contributed by atoms with Gasteiger partial charge in [0.1, 0.15) is 11.3 Å². The molecular weight excluding hydrogens is 323 g/mol. The molecule has 0 saturated carbocycles. The maximum atomic E-state index is 13.3. The number of benzene rings is 1. The number of nitrogens with one attached hydrogen (secondary N) is 1. The number of hydrogen-bond acceptors (Lipinski definition) is 5. The number of hydrogen-bond donors (Lipinski definition) is 1. The molecule has 1 fully saturated rings. The molecule has 128 valence electrons. The lowest BCUT2D eigenvalue weighted by molar-refractivity contribution is 0.0932. The van der Waals surface area contributed by atoms with Crippen molar-refractivity contribution in [1.29, 1.82) is 0 Å². The molecule has 0 bridgehead atoms. The van der Waals surface area contributed by atoms with Crippen molar-refractivity contribution >= 4 is 23.0 Å². The predicted octanol–water partition coefficient (Wildman–Crippen LogP) is 2.76. The minimum atomic E-state index is -0.351. The van der Waals surface area contributed by atoms with Crippen LogP contribution in [-0.2, 0) is 0 Å². The summed E-state index contributed by atoms with van der Waals surface area (Å²) in [5, 5.41) is 3.03. The predicted molar refractivity (Wildman–Crippen MR) is 90.9 cm³/mol. The van der Waals surface area contributed by atoms with Gasteiger partial charge in [0.15, 0.2) is 5.58 Å². The molecule has 1 amide bonds. The van der Waals surface area contributed by atoms with Crippen molar-refractivity contribution in [3.63, 3.8) is 0 Å². The van der Waals surface area contributed by atoms with E-state index in [4.69, 9.17) is 4.42 Å². The average Bonchev–Trinajstić information content (AvgIpc) is 3.06. The zero-order chi connectivity index (χ0) is 17.2. The van der Waals surface area contributed by atoms with Crippen LogP contribution in [0.15, 0.2) is 47.1 Å². The number of carbonyl (C=O) groups excluding carboxylic acids is 1. The highest BCUT2D eigenvalue weighted by atomic mass is 19.1. The number of amides is 1. The van der Waals surface area contributed by atoms with Gasteiger partial charge in [0.25, 0.3) is 11.9 Å². The van der Waals surface area contributed by atoms with E-state index in [0.29, 0.717) is 29.2 Å². The molecule has 1 aromatic carbocycles. The highest BCUT2D eigenvalue weighted by Gasteiger charge is 2.25. The van der Waals surface area contributed by atoms with Crippen molar-refractivity contribution in [3.8, 4) is 0 Å². The Hall–Kier alpha value is -2.96. The van der Waals surface area contributed by atoms with Gasteiger partial charge in [-0.05, 0) is 37.1 Å². The molecular formula is C18H17FN4O2. The standard InChI is InChI=1S/C18H17FN4O2/c19-13-5-6-15-16(9-13)25-18(22-15)23-8-2-4-14(11-23)21-17(24)12-3-1-7-20-10-12/h1,3,5-7,9-10,14H,2,4,8,11H2,(H,21,24). The molecule has 1 aliphatic heterocycles. The maximum absolute atomic E-state index is 13.3. The summed E-state index contributed by atoms with van der Waals surface area (Å²) in [6, 6.07) is 8.22. The fourth-order valence-electron chi connectivity index (χ4n) is 3.06. The quantitative estimate of drug-likeness (QED) is 0.794. The van der Waals surface area contributed by atoms with Gasteiger partial charge in [-0.3, -0.25) is 9.78 Å². The molecule has 0 radical (unpaired) electrons. The lowest BCUT2D eigenvalue weighted by atomic mass is 10.1. The topological polar surface area (TPSA) is 71.3 Å². The van der Waals surface area contributed by atoms with Gasteiger partial charge in [-0.2, -0.15) is 4.98 Å². The lowest BCUT2D eigenvalue weighted by Gasteiger charge is -2.32. The number of aromatic nitrogens is 2. The molecule has 25 heavy (non-hydrogen) atoms. The molecule has 1 saturated heterocycles. The van der Waals surface area contributed by atoms with E-state index < -0.39 is 0 Å². The van der Waals surface area contributed by atoms with E-state index in [1.54, 1.807) is 30.6 Å². The second-order valence-electron chi connectivity index (χ2n) is 6.11. The minimum Gasteiger partial charge on any atom is -0.423 e. The highest BCUT2D eigenvalue weighted by Crippen LogP contribution is 2.25. The van der Waals surface area contributed by atoms with Crippen LogP contribution in [0.4, 0.5) is 10.4 Å². The fourth-order valence-corrected chi connectivity index (χ4v) is 3.06. The zero-order valence-corrected chi connectivity index (χ0v) is 13.5. The SMILES string of the molecule is O=C(NC1CCCN(c2nc3ccc(F)cc3o2)C1)c1cccnc1. The zero-order valence-electron chi connectivity index (χ0n) is 13.5. The van der Waals surface area contributed by atoms with Gasteiger partial charge >= 0.3 is 0 Å². The van der Waals surface area contributed by atoms with Crippen LogP contribution in [0.1, 0.15) is 23.2 Å². The summed E-state index contributed by atoms with van der Waals surface area (Å²) in [5.41, 5.74) is 1.59. The van der Waals surface area contributed by atoms with E-state index in [2.05, 4.69) is 15.3 Å². The van der Waals surface area contributed by atoms with Gasteiger partial charge in [-0.15, -0.1) is 0 Å². The molecule has 1 unspecified atom stereocenters. The van der Waals surface area contributed by atoms with Gasteiger partial charge in [0, 0.05) is 37.6 Å². The van der Waals surface area contributed by atoms with E-state index in [9.17, 15) is 9.18 Å². The molecule has 1 atom stereocenters. The number of carbonyl (C=O) groups is 1. The third-order valence-corrected chi connectivity index (χ3v) is 4.29. The van der Waals surface area contributed by atoms with Crippen molar-refractivity contribution in [2.45, 2.75) is 18.9 Å². The highest BCUT2D eigenvalue weighted by molar-refractivity contribution is 5.94. The Balaban J connectivity index is 1.47. The second-order valence-corrected chi connectivity index (χ2v) is 6.11. The summed E-state index contributed by atoms with van der Waals surface area (Å²) in [6.07, 6.45) is 4.98. The average molecular weight is 340 g/mol. The molecule has 0 aliphatic carbocycles. The van der Waals surface area contributed by atoms with Crippen LogP contribution in [0.3, 0.4) is 0 Å². The van der Waals surface area contributed by atoms with Crippen LogP contribution in [0.25, 0.3) is 11.1 Å². The third-order valence-electron chi connectivity index (χ3n) is 4.29. The number of halogens is 1. The number of fused-ring (bicyclic) bond motifs is 1. The molecule has 6 nitrogen and oxygen atoms in total. The van der Waals surface area contributed by atoms with E-state index in [0.717, 1.165) is 19.4 Å². The summed E-state index contributed by atoms with van der Waals surface area (Å²) >= 11 is 0. The normalized spacial score (nSPS) is 17.6. The Morgan fingerprint density at radius 2 is 2.28 bits per heavy atom. The number of anilines is 1. The molecule has 2 aromatic heterocycles. The molecule has 4 rings (SSSR count). The first kappa shape index (κ1) is 15.6.